The molecule has 0 fully saturated rings. The van der Waals surface area contributed by atoms with E-state index in [4.69, 9.17) is 11.6 Å². The van der Waals surface area contributed by atoms with E-state index in [1.807, 2.05) is 30.5 Å². The molecule has 3 nitrogen and oxygen atoms in total. The van der Waals surface area contributed by atoms with Crippen molar-refractivity contribution >= 4 is 23.4 Å². The monoisotopic (exact) mass is 384 g/mol. The Balaban J connectivity index is 2.22. The Hall–Kier alpha value is -2.55. The van der Waals surface area contributed by atoms with Crippen molar-refractivity contribution in [2.75, 3.05) is 6.26 Å². The van der Waals surface area contributed by atoms with Crippen LogP contribution in [0.4, 0.5) is 4.39 Å². The van der Waals surface area contributed by atoms with Crippen molar-refractivity contribution in [3.8, 4) is 17.3 Å². The number of rotatable bonds is 4. The molecule has 2 aromatic carbocycles. The van der Waals surface area contributed by atoms with Crippen LogP contribution in [0, 0.1) is 17.1 Å². The molecule has 0 saturated heterocycles. The highest BCUT2D eigenvalue weighted by Gasteiger charge is 2.16. The number of hydrogen-bond donors (Lipinski definition) is 0. The van der Waals surface area contributed by atoms with Crippen LogP contribution in [0.15, 0.2) is 64.3 Å². The van der Waals surface area contributed by atoms with E-state index >= 15 is 0 Å². The zero-order valence-electron chi connectivity index (χ0n) is 13.9. The van der Waals surface area contributed by atoms with Crippen LogP contribution in [0.1, 0.15) is 11.1 Å². The average Bonchev–Trinajstić information content (AvgIpc) is 2.65. The number of nitriles is 1. The molecule has 0 unspecified atom stereocenters. The van der Waals surface area contributed by atoms with E-state index in [1.165, 1.54) is 28.5 Å². The van der Waals surface area contributed by atoms with Crippen LogP contribution in [0.2, 0.25) is 5.02 Å². The van der Waals surface area contributed by atoms with Gasteiger partial charge in [0.2, 0.25) is 0 Å². The first-order valence-electron chi connectivity index (χ1n) is 7.76. The molecule has 1 heterocycles. The summed E-state index contributed by atoms with van der Waals surface area (Å²) in [5, 5.41) is 10.0. The van der Waals surface area contributed by atoms with Crippen LogP contribution in [0.3, 0.4) is 0 Å². The Morgan fingerprint density at radius 2 is 1.81 bits per heavy atom. The third-order valence-electron chi connectivity index (χ3n) is 3.99. The molecule has 0 bridgehead atoms. The predicted octanol–water partition coefficient (Wildman–Crippen LogP) is 4.95. The Morgan fingerprint density at radius 1 is 1.15 bits per heavy atom. The quantitative estimate of drug-likeness (QED) is 0.598. The van der Waals surface area contributed by atoms with Crippen LogP contribution >= 0.6 is 23.4 Å². The summed E-state index contributed by atoms with van der Waals surface area (Å²) in [7, 11) is 0. The molecular weight excluding hydrogens is 371 g/mol. The van der Waals surface area contributed by atoms with Crippen molar-refractivity contribution < 1.29 is 4.39 Å². The molecule has 0 N–H and O–H groups in total. The lowest BCUT2D eigenvalue weighted by Crippen LogP contribution is -2.25. The fourth-order valence-corrected chi connectivity index (χ4v) is 3.37. The molecule has 1 aromatic heterocycles. The number of aromatic nitrogens is 1. The minimum absolute atomic E-state index is 0.109. The Labute approximate surface area is 159 Å². The molecule has 0 spiro atoms. The molecule has 0 aliphatic heterocycles. The number of nitrogens with zero attached hydrogens (tertiary/aromatic N) is 2. The average molecular weight is 385 g/mol. The molecule has 6 heteroatoms. The molecular formula is C20H14ClFN2OS. The van der Waals surface area contributed by atoms with Crippen molar-refractivity contribution in [1.29, 1.82) is 5.26 Å². The smallest absolute Gasteiger partial charge is 0.270 e. The molecule has 0 aliphatic rings. The van der Waals surface area contributed by atoms with Gasteiger partial charge in [-0.05, 0) is 47.7 Å². The molecule has 0 atom stereocenters. The van der Waals surface area contributed by atoms with Gasteiger partial charge in [0.25, 0.3) is 5.56 Å². The molecule has 3 aromatic rings. The van der Waals surface area contributed by atoms with Gasteiger partial charge in [0.1, 0.15) is 17.4 Å². The number of pyridine rings is 1. The molecule has 130 valence electrons. The molecule has 0 saturated carbocycles. The van der Waals surface area contributed by atoms with E-state index in [2.05, 4.69) is 0 Å². The van der Waals surface area contributed by atoms with Crippen molar-refractivity contribution in [1.82, 2.24) is 4.57 Å². The molecule has 0 amide bonds. The van der Waals surface area contributed by atoms with E-state index in [1.54, 1.807) is 24.3 Å². The third kappa shape index (κ3) is 3.67. The van der Waals surface area contributed by atoms with Crippen LogP contribution in [-0.4, -0.2) is 10.8 Å². The van der Waals surface area contributed by atoms with E-state index < -0.39 is 0 Å². The minimum Gasteiger partial charge on any atom is -0.303 e. The summed E-state index contributed by atoms with van der Waals surface area (Å²) in [6.07, 6.45) is 1.82. The van der Waals surface area contributed by atoms with E-state index in [0.29, 0.717) is 15.6 Å². The van der Waals surface area contributed by atoms with Crippen LogP contribution in [0.5, 0.6) is 0 Å². The first-order chi connectivity index (χ1) is 12.5. The van der Waals surface area contributed by atoms with Gasteiger partial charge in [-0.3, -0.25) is 4.79 Å². The number of hydrogen-bond acceptors (Lipinski definition) is 3. The summed E-state index contributed by atoms with van der Waals surface area (Å²) >= 11 is 7.32. The van der Waals surface area contributed by atoms with Gasteiger partial charge in [-0.2, -0.15) is 5.26 Å². The van der Waals surface area contributed by atoms with E-state index in [0.717, 1.165) is 11.1 Å². The second-order valence-electron chi connectivity index (χ2n) is 5.61. The standard InChI is InChI=1S/C20H14ClFN2OS/c1-26-19-10-18(14-4-6-15(21)7-5-14)24(20(25)17(19)11-23)12-13-2-8-16(22)9-3-13/h2-10H,12H2,1H3. The van der Waals surface area contributed by atoms with Gasteiger partial charge >= 0.3 is 0 Å². The predicted molar refractivity (Wildman–Crippen MR) is 103 cm³/mol. The van der Waals surface area contributed by atoms with Crippen LogP contribution < -0.4 is 5.56 Å². The van der Waals surface area contributed by atoms with E-state index in [9.17, 15) is 14.4 Å². The summed E-state index contributed by atoms with van der Waals surface area (Å²) in [5.41, 5.74) is 2.00. The minimum atomic E-state index is -0.367. The van der Waals surface area contributed by atoms with Crippen molar-refractivity contribution in [3.63, 3.8) is 0 Å². The second-order valence-corrected chi connectivity index (χ2v) is 6.89. The molecule has 3 rings (SSSR count). The fraction of sp³-hybridized carbons (Fsp3) is 0.100. The summed E-state index contributed by atoms with van der Waals surface area (Å²) in [4.78, 5) is 13.6. The van der Waals surface area contributed by atoms with Gasteiger partial charge in [0.05, 0.1) is 12.2 Å². The zero-order chi connectivity index (χ0) is 18.7. The summed E-state index contributed by atoms with van der Waals surface area (Å²) in [6.45, 7) is 0.237. The number of halogens is 2. The van der Waals surface area contributed by atoms with Gasteiger partial charge in [-0.15, -0.1) is 11.8 Å². The van der Waals surface area contributed by atoms with Gasteiger partial charge in [-0.1, -0.05) is 35.9 Å². The fourth-order valence-electron chi connectivity index (χ4n) is 2.68. The molecule has 0 radical (unpaired) electrons. The van der Waals surface area contributed by atoms with Crippen molar-refractivity contribution in [2.24, 2.45) is 0 Å². The lowest BCUT2D eigenvalue weighted by molar-refractivity contribution is 0.626. The maximum atomic E-state index is 13.2. The van der Waals surface area contributed by atoms with Crippen molar-refractivity contribution in [2.45, 2.75) is 11.4 Å². The number of thioether (sulfide) groups is 1. The lowest BCUT2D eigenvalue weighted by atomic mass is 10.1. The summed E-state index contributed by atoms with van der Waals surface area (Å²) < 4.78 is 14.7. The van der Waals surface area contributed by atoms with E-state index in [-0.39, 0.29) is 23.5 Å². The van der Waals surface area contributed by atoms with Gasteiger partial charge < -0.3 is 4.57 Å². The Kier molecular flexibility index (Phi) is 5.46. The lowest BCUT2D eigenvalue weighted by Gasteiger charge is -2.16. The Morgan fingerprint density at radius 3 is 2.38 bits per heavy atom. The molecule has 0 aliphatic carbocycles. The number of benzene rings is 2. The van der Waals surface area contributed by atoms with Crippen molar-refractivity contribution in [3.05, 3.63) is 86.9 Å². The third-order valence-corrected chi connectivity index (χ3v) is 5.00. The van der Waals surface area contributed by atoms with Gasteiger partial charge in [0, 0.05) is 9.92 Å². The Bertz CT molecular complexity index is 1040. The zero-order valence-corrected chi connectivity index (χ0v) is 15.4. The molecule has 26 heavy (non-hydrogen) atoms. The topological polar surface area (TPSA) is 45.8 Å². The maximum absolute atomic E-state index is 13.2. The first kappa shape index (κ1) is 18.2. The summed E-state index contributed by atoms with van der Waals surface area (Å²) in [5.74, 6) is -0.338. The SMILES string of the molecule is CSc1cc(-c2ccc(Cl)cc2)n(Cc2ccc(F)cc2)c(=O)c1C#N. The normalized spacial score (nSPS) is 10.5. The highest BCUT2D eigenvalue weighted by molar-refractivity contribution is 7.98. The summed E-state index contributed by atoms with van der Waals surface area (Å²) in [6, 6.07) is 16.9. The highest BCUT2D eigenvalue weighted by atomic mass is 35.5. The van der Waals surface area contributed by atoms with Gasteiger partial charge in [0.15, 0.2) is 0 Å². The van der Waals surface area contributed by atoms with Crippen LogP contribution in [-0.2, 0) is 6.54 Å². The second kappa shape index (κ2) is 7.77. The van der Waals surface area contributed by atoms with Crippen LogP contribution in [0.25, 0.3) is 11.3 Å². The largest absolute Gasteiger partial charge is 0.303 e. The first-order valence-corrected chi connectivity index (χ1v) is 9.36. The van der Waals surface area contributed by atoms with Gasteiger partial charge in [-0.25, -0.2) is 4.39 Å². The maximum Gasteiger partial charge on any atom is 0.270 e. The highest BCUT2D eigenvalue weighted by Crippen LogP contribution is 2.27.